The lowest BCUT2D eigenvalue weighted by atomic mass is 10.3. The molecule has 124 valence electrons. The number of guanidine groups is 1. The smallest absolute Gasteiger partial charge is 0.357 e. The molecular weight excluding hydrogens is 281 g/mol. The number of nitrogens with one attached hydrogen (secondary N) is 2. The average Bonchev–Trinajstić information content (AvgIpc) is 3.16. The fourth-order valence-electron chi connectivity index (χ4n) is 2.21. The zero-order valence-corrected chi connectivity index (χ0v) is 13.1. The van der Waals surface area contributed by atoms with Crippen LogP contribution < -0.4 is 10.6 Å². The van der Waals surface area contributed by atoms with Crippen molar-refractivity contribution in [3.05, 3.63) is 0 Å². The Kier molecular flexibility index (Phi) is 7.28. The van der Waals surface area contributed by atoms with Gasteiger partial charge in [-0.25, -0.2) is 0 Å². The Morgan fingerprint density at radius 2 is 1.95 bits per heavy atom. The lowest BCUT2D eigenvalue weighted by Crippen LogP contribution is -2.44. The monoisotopic (exact) mass is 308 g/mol. The third kappa shape index (κ3) is 8.14. The van der Waals surface area contributed by atoms with E-state index in [-0.39, 0.29) is 6.54 Å². The normalized spacial score (nSPS) is 16.7. The van der Waals surface area contributed by atoms with Gasteiger partial charge in [-0.1, -0.05) is 0 Å². The fourth-order valence-corrected chi connectivity index (χ4v) is 2.21. The van der Waals surface area contributed by atoms with Gasteiger partial charge in [0.05, 0.1) is 13.0 Å². The molecule has 1 fully saturated rings. The largest absolute Gasteiger partial charge is 0.390 e. The molecule has 0 aliphatic heterocycles. The van der Waals surface area contributed by atoms with Crippen LogP contribution in [0.5, 0.6) is 0 Å². The second-order valence-corrected chi connectivity index (χ2v) is 5.62. The molecule has 0 aromatic heterocycles. The molecule has 1 rings (SSSR count). The number of aliphatic imine (C=N–C) groups is 1. The minimum Gasteiger partial charge on any atom is -0.357 e. The van der Waals surface area contributed by atoms with Crippen LogP contribution in [-0.4, -0.2) is 55.3 Å². The minimum absolute atomic E-state index is 0.241. The molecule has 0 heterocycles. The molecule has 0 unspecified atom stereocenters. The lowest BCUT2D eigenvalue weighted by molar-refractivity contribution is -0.132. The first kappa shape index (κ1) is 18.1. The van der Waals surface area contributed by atoms with Gasteiger partial charge in [-0.15, -0.1) is 0 Å². The summed E-state index contributed by atoms with van der Waals surface area (Å²) >= 11 is 0. The lowest BCUT2D eigenvalue weighted by Gasteiger charge is -2.26. The standard InChI is InChI=1S/C14H27F3N4/c1-4-18-13(19-8-7-14(15,16)17)20-9-10-21(11(2)3)12-5-6-12/h11-12H,4-10H2,1-3H3,(H2,18,19,20). The molecule has 1 aliphatic rings. The number of nitrogens with zero attached hydrogens (tertiary/aromatic N) is 2. The Morgan fingerprint density at radius 3 is 2.43 bits per heavy atom. The molecule has 0 bridgehead atoms. The van der Waals surface area contributed by atoms with Crippen molar-refractivity contribution in [3.63, 3.8) is 0 Å². The molecule has 4 nitrogen and oxygen atoms in total. The molecule has 1 saturated carbocycles. The summed E-state index contributed by atoms with van der Waals surface area (Å²) in [6.45, 7) is 8.19. The Hall–Kier alpha value is -0.980. The van der Waals surface area contributed by atoms with Gasteiger partial charge in [-0.05, 0) is 33.6 Å². The first-order valence-corrected chi connectivity index (χ1v) is 7.68. The van der Waals surface area contributed by atoms with E-state index in [1.165, 1.54) is 12.8 Å². The zero-order valence-electron chi connectivity index (χ0n) is 13.1. The number of rotatable bonds is 8. The molecular formula is C14H27F3N4. The van der Waals surface area contributed by atoms with Gasteiger partial charge in [-0.3, -0.25) is 9.89 Å². The maximum Gasteiger partial charge on any atom is 0.390 e. The van der Waals surface area contributed by atoms with Crippen molar-refractivity contribution in [3.8, 4) is 0 Å². The molecule has 0 aromatic rings. The highest BCUT2D eigenvalue weighted by atomic mass is 19.4. The van der Waals surface area contributed by atoms with Crippen molar-refractivity contribution in [1.82, 2.24) is 15.5 Å². The summed E-state index contributed by atoms with van der Waals surface area (Å²) in [6, 6.07) is 1.17. The zero-order chi connectivity index (χ0) is 15.9. The fraction of sp³-hybridized carbons (Fsp3) is 0.929. The van der Waals surface area contributed by atoms with Crippen molar-refractivity contribution in [2.24, 2.45) is 4.99 Å². The van der Waals surface area contributed by atoms with Gasteiger partial charge >= 0.3 is 6.18 Å². The summed E-state index contributed by atoms with van der Waals surface area (Å²) in [5, 5.41) is 6.07. The molecule has 2 N–H and O–H groups in total. The predicted octanol–water partition coefficient (Wildman–Crippen LogP) is 2.37. The van der Waals surface area contributed by atoms with E-state index in [4.69, 9.17) is 0 Å². The van der Waals surface area contributed by atoms with Gasteiger partial charge in [-0.2, -0.15) is 13.2 Å². The Balaban J connectivity index is 2.34. The predicted molar refractivity (Wildman–Crippen MR) is 79.5 cm³/mol. The van der Waals surface area contributed by atoms with Crippen molar-refractivity contribution in [2.75, 3.05) is 26.2 Å². The number of hydrogen-bond donors (Lipinski definition) is 2. The third-order valence-corrected chi connectivity index (χ3v) is 3.35. The quantitative estimate of drug-likeness (QED) is 0.534. The summed E-state index contributed by atoms with van der Waals surface area (Å²) in [5.74, 6) is 0.459. The highest BCUT2D eigenvalue weighted by Crippen LogP contribution is 2.27. The van der Waals surface area contributed by atoms with Gasteiger partial charge in [0.25, 0.3) is 0 Å². The highest BCUT2D eigenvalue weighted by molar-refractivity contribution is 5.79. The van der Waals surface area contributed by atoms with Crippen LogP contribution in [0.3, 0.4) is 0 Å². The van der Waals surface area contributed by atoms with E-state index in [9.17, 15) is 13.2 Å². The summed E-state index contributed by atoms with van der Waals surface area (Å²) in [5.41, 5.74) is 0. The molecule has 0 aromatic carbocycles. The summed E-state index contributed by atoms with van der Waals surface area (Å²) in [6.07, 6.45) is -2.54. The minimum atomic E-state index is -4.15. The second kappa shape index (κ2) is 8.46. The van der Waals surface area contributed by atoms with Crippen LogP contribution >= 0.6 is 0 Å². The molecule has 0 amide bonds. The van der Waals surface area contributed by atoms with Gasteiger partial charge in [0.1, 0.15) is 0 Å². The first-order chi connectivity index (χ1) is 9.83. The van der Waals surface area contributed by atoms with E-state index in [1.54, 1.807) is 0 Å². The van der Waals surface area contributed by atoms with Crippen LogP contribution in [0.2, 0.25) is 0 Å². The number of halogens is 3. The molecule has 0 radical (unpaired) electrons. The molecule has 0 saturated heterocycles. The van der Waals surface area contributed by atoms with Crippen LogP contribution in [0.4, 0.5) is 13.2 Å². The van der Waals surface area contributed by atoms with E-state index in [0.29, 0.717) is 31.1 Å². The van der Waals surface area contributed by atoms with Crippen LogP contribution in [0.1, 0.15) is 40.0 Å². The van der Waals surface area contributed by atoms with E-state index in [2.05, 4.69) is 34.4 Å². The first-order valence-electron chi connectivity index (χ1n) is 7.68. The van der Waals surface area contributed by atoms with Crippen LogP contribution in [0, 0.1) is 0 Å². The van der Waals surface area contributed by atoms with Gasteiger partial charge in [0.2, 0.25) is 0 Å². The van der Waals surface area contributed by atoms with Crippen LogP contribution in [0.15, 0.2) is 4.99 Å². The number of hydrogen-bond acceptors (Lipinski definition) is 2. The summed E-state index contributed by atoms with van der Waals surface area (Å²) < 4.78 is 36.4. The molecule has 0 atom stereocenters. The molecule has 1 aliphatic carbocycles. The average molecular weight is 308 g/mol. The van der Waals surface area contributed by atoms with E-state index < -0.39 is 12.6 Å². The highest BCUT2D eigenvalue weighted by Gasteiger charge is 2.30. The third-order valence-electron chi connectivity index (χ3n) is 3.35. The van der Waals surface area contributed by atoms with Gasteiger partial charge in [0.15, 0.2) is 5.96 Å². The maximum absolute atomic E-state index is 12.1. The van der Waals surface area contributed by atoms with Crippen molar-refractivity contribution < 1.29 is 13.2 Å². The van der Waals surface area contributed by atoms with Crippen molar-refractivity contribution in [1.29, 1.82) is 0 Å². The van der Waals surface area contributed by atoms with Crippen molar-refractivity contribution >= 4 is 5.96 Å². The molecule has 0 spiro atoms. The number of alkyl halides is 3. The van der Waals surface area contributed by atoms with Crippen LogP contribution in [0.25, 0.3) is 0 Å². The van der Waals surface area contributed by atoms with Gasteiger partial charge in [0, 0.05) is 31.7 Å². The Labute approximate surface area is 125 Å². The van der Waals surface area contributed by atoms with E-state index in [0.717, 1.165) is 6.54 Å². The second-order valence-electron chi connectivity index (χ2n) is 5.62. The van der Waals surface area contributed by atoms with Gasteiger partial charge < -0.3 is 10.6 Å². The Bertz CT molecular complexity index is 323. The Morgan fingerprint density at radius 1 is 1.29 bits per heavy atom. The van der Waals surface area contributed by atoms with E-state index in [1.807, 2.05) is 6.92 Å². The molecule has 21 heavy (non-hydrogen) atoms. The summed E-state index contributed by atoms with van der Waals surface area (Å²) in [4.78, 5) is 6.38. The van der Waals surface area contributed by atoms with Crippen LogP contribution in [-0.2, 0) is 0 Å². The van der Waals surface area contributed by atoms with Crippen molar-refractivity contribution in [2.45, 2.75) is 58.3 Å². The topological polar surface area (TPSA) is 39.7 Å². The molecule has 7 heteroatoms. The summed E-state index contributed by atoms with van der Waals surface area (Å²) in [7, 11) is 0. The SMILES string of the molecule is CCNC(=NCCC(F)(F)F)NCCN(C(C)C)C1CC1. The van der Waals surface area contributed by atoms with E-state index >= 15 is 0 Å². The maximum atomic E-state index is 12.1.